The summed E-state index contributed by atoms with van der Waals surface area (Å²) >= 11 is 0. The first-order valence-electron chi connectivity index (χ1n) is 10.9. The largest absolute Gasteiger partial charge is 0.494 e. The number of aliphatic imine (C=N–C) groups is 1. The van der Waals surface area contributed by atoms with Crippen molar-refractivity contribution in [1.29, 1.82) is 0 Å². The summed E-state index contributed by atoms with van der Waals surface area (Å²) in [5, 5.41) is 6.54. The van der Waals surface area contributed by atoms with E-state index in [0.717, 1.165) is 49.6 Å². The van der Waals surface area contributed by atoms with E-state index in [1.165, 1.54) is 0 Å². The van der Waals surface area contributed by atoms with Gasteiger partial charge in [-0.1, -0.05) is 30.3 Å². The van der Waals surface area contributed by atoms with Crippen LogP contribution in [0, 0.1) is 0 Å². The van der Waals surface area contributed by atoms with Gasteiger partial charge in [-0.3, -0.25) is 0 Å². The van der Waals surface area contributed by atoms with Gasteiger partial charge in [0.2, 0.25) is 10.0 Å². The third-order valence-corrected chi connectivity index (χ3v) is 6.93. The van der Waals surface area contributed by atoms with Gasteiger partial charge in [0, 0.05) is 26.2 Å². The van der Waals surface area contributed by atoms with E-state index < -0.39 is 10.0 Å². The molecular weight excluding hydrogens is 539 g/mol. The summed E-state index contributed by atoms with van der Waals surface area (Å²) in [6, 6.07) is 16.8. The first-order chi connectivity index (χ1) is 15.1. The second-order valence-corrected chi connectivity index (χ2v) is 9.33. The molecule has 0 atom stereocenters. The lowest BCUT2D eigenvalue weighted by Gasteiger charge is -2.15. The molecule has 2 aromatic rings. The number of nitrogens with one attached hydrogen (secondary N) is 2. The molecule has 0 saturated carbocycles. The van der Waals surface area contributed by atoms with Crippen LogP contribution in [-0.4, -0.2) is 51.5 Å². The van der Waals surface area contributed by atoms with Crippen molar-refractivity contribution in [3.05, 3.63) is 60.2 Å². The molecule has 2 N–H and O–H groups in total. The summed E-state index contributed by atoms with van der Waals surface area (Å²) in [4.78, 5) is 4.95. The average Bonchev–Trinajstić information content (AvgIpc) is 3.34. The van der Waals surface area contributed by atoms with Crippen LogP contribution >= 0.6 is 24.0 Å². The Kier molecular flexibility index (Phi) is 11.3. The number of rotatable bonds is 10. The van der Waals surface area contributed by atoms with Crippen LogP contribution in [0.1, 0.15) is 31.7 Å². The van der Waals surface area contributed by atoms with Gasteiger partial charge in [0.15, 0.2) is 5.96 Å². The van der Waals surface area contributed by atoms with Gasteiger partial charge in [-0.05, 0) is 56.0 Å². The van der Waals surface area contributed by atoms with Gasteiger partial charge in [-0.25, -0.2) is 13.4 Å². The van der Waals surface area contributed by atoms with Crippen molar-refractivity contribution in [1.82, 2.24) is 14.9 Å². The molecular formula is C23H33IN4O3S. The molecule has 1 aliphatic rings. The highest BCUT2D eigenvalue weighted by Gasteiger charge is 2.26. The maximum absolute atomic E-state index is 12.6. The van der Waals surface area contributed by atoms with Gasteiger partial charge >= 0.3 is 0 Å². The summed E-state index contributed by atoms with van der Waals surface area (Å²) in [6.07, 6.45) is 2.72. The van der Waals surface area contributed by atoms with Crippen molar-refractivity contribution in [2.24, 2.45) is 4.99 Å². The third kappa shape index (κ3) is 7.93. The van der Waals surface area contributed by atoms with E-state index in [4.69, 9.17) is 4.74 Å². The summed E-state index contributed by atoms with van der Waals surface area (Å²) < 4.78 is 32.5. The van der Waals surface area contributed by atoms with Crippen molar-refractivity contribution in [3.8, 4) is 5.75 Å². The van der Waals surface area contributed by atoms with E-state index in [2.05, 4.69) is 15.6 Å². The second-order valence-electron chi connectivity index (χ2n) is 7.39. The van der Waals surface area contributed by atoms with Crippen LogP contribution in [0.25, 0.3) is 0 Å². The van der Waals surface area contributed by atoms with Gasteiger partial charge in [0.1, 0.15) is 5.75 Å². The van der Waals surface area contributed by atoms with Gasteiger partial charge < -0.3 is 15.4 Å². The zero-order valence-electron chi connectivity index (χ0n) is 18.5. The van der Waals surface area contributed by atoms with Crippen LogP contribution in [0.15, 0.2) is 64.5 Å². The topological polar surface area (TPSA) is 83.0 Å². The Balaban J connectivity index is 0.00000363. The lowest BCUT2D eigenvalue weighted by atomic mass is 10.2. The molecule has 0 spiro atoms. The van der Waals surface area contributed by atoms with Crippen molar-refractivity contribution in [2.45, 2.75) is 37.6 Å². The Morgan fingerprint density at radius 2 is 1.72 bits per heavy atom. The van der Waals surface area contributed by atoms with Crippen molar-refractivity contribution < 1.29 is 13.2 Å². The second kappa shape index (κ2) is 13.6. The number of nitrogens with zero attached hydrogens (tertiary/aromatic N) is 2. The van der Waals surface area contributed by atoms with E-state index in [-0.39, 0.29) is 24.0 Å². The normalized spacial score (nSPS) is 14.6. The van der Waals surface area contributed by atoms with Crippen molar-refractivity contribution in [3.63, 3.8) is 0 Å². The van der Waals surface area contributed by atoms with Crippen molar-refractivity contribution >= 4 is 40.0 Å². The Bertz CT molecular complexity index is 931. The molecule has 176 valence electrons. The molecule has 3 rings (SSSR count). The number of hydrogen-bond acceptors (Lipinski definition) is 4. The van der Waals surface area contributed by atoms with Gasteiger partial charge in [0.25, 0.3) is 0 Å². The van der Waals surface area contributed by atoms with Crippen LogP contribution in [0.5, 0.6) is 5.75 Å². The quantitative estimate of drug-likeness (QED) is 0.197. The minimum absolute atomic E-state index is 0. The molecule has 0 aromatic heterocycles. The highest BCUT2D eigenvalue weighted by molar-refractivity contribution is 14.0. The number of para-hydroxylation sites is 1. The predicted molar refractivity (Wildman–Crippen MR) is 139 cm³/mol. The molecule has 9 heteroatoms. The molecule has 0 amide bonds. The molecule has 32 heavy (non-hydrogen) atoms. The van der Waals surface area contributed by atoms with Crippen LogP contribution in [-0.2, 0) is 16.6 Å². The fourth-order valence-corrected chi connectivity index (χ4v) is 4.86. The van der Waals surface area contributed by atoms with Gasteiger partial charge in [0.05, 0.1) is 18.0 Å². The summed E-state index contributed by atoms with van der Waals surface area (Å²) in [5.74, 6) is 1.61. The maximum Gasteiger partial charge on any atom is 0.243 e. The standard InChI is InChI=1S/C23H32N4O3S.HI/c1-2-24-23(25-15-8-18-30-21-9-4-3-5-10-21)26-19-20-11-13-22(14-12-20)31(28,29)27-16-6-7-17-27;/h3-5,9-14H,2,6-8,15-19H2,1H3,(H2,24,25,26);1H. The Labute approximate surface area is 208 Å². The minimum atomic E-state index is -3.37. The van der Waals surface area contributed by atoms with Crippen LogP contribution in [0.4, 0.5) is 0 Å². The van der Waals surface area contributed by atoms with Crippen LogP contribution in [0.2, 0.25) is 0 Å². The van der Waals surface area contributed by atoms with Crippen LogP contribution < -0.4 is 15.4 Å². The zero-order valence-corrected chi connectivity index (χ0v) is 21.6. The molecule has 0 radical (unpaired) electrons. The molecule has 1 fully saturated rings. The Morgan fingerprint density at radius 3 is 2.38 bits per heavy atom. The molecule has 1 aliphatic heterocycles. The molecule has 0 aliphatic carbocycles. The summed E-state index contributed by atoms with van der Waals surface area (Å²) in [7, 11) is -3.37. The van der Waals surface area contributed by atoms with E-state index in [0.29, 0.717) is 31.1 Å². The highest BCUT2D eigenvalue weighted by Crippen LogP contribution is 2.21. The lowest BCUT2D eigenvalue weighted by molar-refractivity contribution is 0.311. The molecule has 1 heterocycles. The third-order valence-electron chi connectivity index (χ3n) is 5.02. The fraction of sp³-hybridized carbons (Fsp3) is 0.435. The summed E-state index contributed by atoms with van der Waals surface area (Å²) in [6.45, 7) is 5.85. The molecule has 0 bridgehead atoms. The van der Waals surface area contributed by atoms with E-state index in [1.54, 1.807) is 16.4 Å². The van der Waals surface area contributed by atoms with E-state index in [9.17, 15) is 8.42 Å². The minimum Gasteiger partial charge on any atom is -0.494 e. The number of hydrogen-bond donors (Lipinski definition) is 2. The lowest BCUT2D eigenvalue weighted by Crippen LogP contribution is -2.38. The number of ether oxygens (including phenoxy) is 1. The highest BCUT2D eigenvalue weighted by atomic mass is 127. The van der Waals surface area contributed by atoms with E-state index in [1.807, 2.05) is 49.4 Å². The number of guanidine groups is 1. The van der Waals surface area contributed by atoms with Gasteiger partial charge in [-0.2, -0.15) is 4.31 Å². The smallest absolute Gasteiger partial charge is 0.243 e. The first-order valence-corrected chi connectivity index (χ1v) is 12.3. The molecule has 7 nitrogen and oxygen atoms in total. The predicted octanol–water partition coefficient (Wildman–Crippen LogP) is 3.61. The average molecular weight is 573 g/mol. The fourth-order valence-electron chi connectivity index (χ4n) is 3.34. The monoisotopic (exact) mass is 572 g/mol. The zero-order chi connectivity index (χ0) is 21.9. The first kappa shape index (κ1) is 26.4. The number of halogens is 1. The molecule has 0 unspecified atom stereocenters. The van der Waals surface area contributed by atoms with Crippen LogP contribution in [0.3, 0.4) is 0 Å². The number of sulfonamides is 1. The Hall–Kier alpha value is -1.85. The van der Waals surface area contributed by atoms with Gasteiger partial charge in [-0.15, -0.1) is 24.0 Å². The Morgan fingerprint density at radius 1 is 1.03 bits per heavy atom. The van der Waals surface area contributed by atoms with Crippen molar-refractivity contribution in [2.75, 3.05) is 32.8 Å². The molecule has 2 aromatic carbocycles. The SMILES string of the molecule is CCNC(=NCc1ccc(S(=O)(=O)N2CCCC2)cc1)NCCCOc1ccccc1.I. The molecule has 1 saturated heterocycles. The maximum atomic E-state index is 12.6. The summed E-state index contributed by atoms with van der Waals surface area (Å²) in [5.41, 5.74) is 0.963. The van der Waals surface area contributed by atoms with E-state index >= 15 is 0 Å². The number of benzene rings is 2.